The number of aromatic hydroxyl groups is 1. The summed E-state index contributed by atoms with van der Waals surface area (Å²) in [6.45, 7) is 1.96. The average Bonchev–Trinajstić information content (AvgIpc) is 2.34. The Morgan fingerprint density at radius 2 is 2.05 bits per heavy atom. The molecular weight excluding hydrogens is 245 g/mol. The second-order valence-corrected chi connectivity index (χ2v) is 4.38. The standard InChI is InChI=1S/C15H14FNO2/c1-10-3-2-4-11(7-10)8-15(19)17-12-5-6-14(18)13(16)9-12/h2-7,9,18H,8H2,1H3,(H,17,19). The van der Waals surface area contributed by atoms with Crippen molar-refractivity contribution in [2.24, 2.45) is 0 Å². The Labute approximate surface area is 110 Å². The summed E-state index contributed by atoms with van der Waals surface area (Å²) in [4.78, 5) is 11.8. The van der Waals surface area contributed by atoms with Crippen LogP contribution in [0.2, 0.25) is 0 Å². The monoisotopic (exact) mass is 259 g/mol. The highest BCUT2D eigenvalue weighted by Crippen LogP contribution is 2.19. The molecule has 0 fully saturated rings. The van der Waals surface area contributed by atoms with Crippen LogP contribution < -0.4 is 5.32 Å². The van der Waals surface area contributed by atoms with Crippen molar-refractivity contribution in [3.63, 3.8) is 0 Å². The molecule has 2 aromatic rings. The van der Waals surface area contributed by atoms with Gasteiger partial charge in [0.2, 0.25) is 5.91 Å². The van der Waals surface area contributed by atoms with Crippen molar-refractivity contribution in [3.8, 4) is 5.75 Å². The first-order chi connectivity index (χ1) is 9.04. The molecule has 0 spiro atoms. The molecule has 0 bridgehead atoms. The van der Waals surface area contributed by atoms with Gasteiger partial charge in [-0.05, 0) is 24.6 Å². The molecule has 3 nitrogen and oxygen atoms in total. The van der Waals surface area contributed by atoms with Gasteiger partial charge in [-0.25, -0.2) is 4.39 Å². The molecule has 2 rings (SSSR count). The van der Waals surface area contributed by atoms with Gasteiger partial charge in [-0.1, -0.05) is 29.8 Å². The number of amides is 1. The first kappa shape index (κ1) is 13.1. The second-order valence-electron chi connectivity index (χ2n) is 4.38. The van der Waals surface area contributed by atoms with E-state index < -0.39 is 11.6 Å². The molecule has 1 amide bonds. The lowest BCUT2D eigenvalue weighted by Crippen LogP contribution is -2.14. The third-order valence-corrected chi connectivity index (χ3v) is 2.68. The minimum Gasteiger partial charge on any atom is -0.505 e. The molecule has 19 heavy (non-hydrogen) atoms. The average molecular weight is 259 g/mol. The third kappa shape index (κ3) is 3.55. The van der Waals surface area contributed by atoms with Crippen molar-refractivity contribution in [2.45, 2.75) is 13.3 Å². The summed E-state index contributed by atoms with van der Waals surface area (Å²) >= 11 is 0. The summed E-state index contributed by atoms with van der Waals surface area (Å²) in [6, 6.07) is 11.4. The largest absolute Gasteiger partial charge is 0.505 e. The van der Waals surface area contributed by atoms with Gasteiger partial charge in [-0.15, -0.1) is 0 Å². The summed E-state index contributed by atoms with van der Waals surface area (Å²) in [5, 5.41) is 11.6. The van der Waals surface area contributed by atoms with Gasteiger partial charge in [-0.2, -0.15) is 0 Å². The highest BCUT2D eigenvalue weighted by atomic mass is 19.1. The van der Waals surface area contributed by atoms with E-state index in [2.05, 4.69) is 5.32 Å². The van der Waals surface area contributed by atoms with Gasteiger partial charge in [0.05, 0.1) is 6.42 Å². The first-order valence-corrected chi connectivity index (χ1v) is 5.88. The normalized spacial score (nSPS) is 10.2. The smallest absolute Gasteiger partial charge is 0.228 e. The molecule has 0 aromatic heterocycles. The maximum atomic E-state index is 13.1. The van der Waals surface area contributed by atoms with Gasteiger partial charge in [0.15, 0.2) is 11.6 Å². The molecule has 98 valence electrons. The number of hydrogen-bond acceptors (Lipinski definition) is 2. The van der Waals surface area contributed by atoms with Gasteiger partial charge in [0.25, 0.3) is 0 Å². The van der Waals surface area contributed by atoms with Gasteiger partial charge in [-0.3, -0.25) is 4.79 Å². The van der Waals surface area contributed by atoms with Crippen LogP contribution in [0.4, 0.5) is 10.1 Å². The van der Waals surface area contributed by atoms with E-state index in [1.165, 1.54) is 12.1 Å². The first-order valence-electron chi connectivity index (χ1n) is 5.88. The molecule has 0 unspecified atom stereocenters. The maximum absolute atomic E-state index is 13.1. The van der Waals surface area contributed by atoms with Crippen molar-refractivity contribution in [1.29, 1.82) is 0 Å². The summed E-state index contributed by atoms with van der Waals surface area (Å²) in [5.41, 5.74) is 2.31. The van der Waals surface area contributed by atoms with E-state index in [9.17, 15) is 9.18 Å². The zero-order chi connectivity index (χ0) is 13.8. The lowest BCUT2D eigenvalue weighted by atomic mass is 10.1. The number of aryl methyl sites for hydroxylation is 1. The molecule has 0 atom stereocenters. The van der Waals surface area contributed by atoms with E-state index in [1.807, 2.05) is 31.2 Å². The summed E-state index contributed by atoms with van der Waals surface area (Å²) < 4.78 is 13.1. The van der Waals surface area contributed by atoms with Crippen molar-refractivity contribution >= 4 is 11.6 Å². The van der Waals surface area contributed by atoms with Crippen LogP contribution in [0.1, 0.15) is 11.1 Å². The Morgan fingerprint density at radius 1 is 1.26 bits per heavy atom. The molecule has 0 saturated heterocycles. The van der Waals surface area contributed by atoms with E-state index in [1.54, 1.807) is 0 Å². The minimum atomic E-state index is -0.756. The molecule has 0 aliphatic rings. The summed E-state index contributed by atoms with van der Waals surface area (Å²) in [6.07, 6.45) is 0.226. The number of anilines is 1. The zero-order valence-corrected chi connectivity index (χ0v) is 10.5. The Bertz CT molecular complexity index is 611. The predicted molar refractivity (Wildman–Crippen MR) is 71.6 cm³/mol. The number of halogens is 1. The van der Waals surface area contributed by atoms with Crippen molar-refractivity contribution in [1.82, 2.24) is 0 Å². The molecule has 0 aliphatic heterocycles. The highest BCUT2D eigenvalue weighted by molar-refractivity contribution is 5.92. The number of carbonyl (C=O) groups excluding carboxylic acids is 1. The third-order valence-electron chi connectivity index (χ3n) is 2.68. The van der Waals surface area contributed by atoms with E-state index >= 15 is 0 Å². The van der Waals surface area contributed by atoms with Crippen LogP contribution in [0.25, 0.3) is 0 Å². The number of phenols is 1. The summed E-state index contributed by atoms with van der Waals surface area (Å²) in [7, 11) is 0. The van der Waals surface area contributed by atoms with E-state index in [4.69, 9.17) is 5.11 Å². The molecule has 4 heteroatoms. The van der Waals surface area contributed by atoms with Gasteiger partial charge in [0.1, 0.15) is 0 Å². The second kappa shape index (κ2) is 5.52. The molecule has 2 N–H and O–H groups in total. The van der Waals surface area contributed by atoms with Gasteiger partial charge >= 0.3 is 0 Å². The molecular formula is C15H14FNO2. The fraction of sp³-hybridized carbons (Fsp3) is 0.133. The molecule has 0 heterocycles. The summed E-state index contributed by atoms with van der Waals surface area (Å²) in [5.74, 6) is -1.42. The Hall–Kier alpha value is -2.36. The predicted octanol–water partition coefficient (Wildman–Crippen LogP) is 3.02. The SMILES string of the molecule is Cc1cccc(CC(=O)Nc2ccc(O)c(F)c2)c1. The van der Waals surface area contributed by atoms with Crippen LogP contribution in [0.15, 0.2) is 42.5 Å². The molecule has 0 saturated carbocycles. The topological polar surface area (TPSA) is 49.3 Å². The Morgan fingerprint density at radius 3 is 2.74 bits per heavy atom. The zero-order valence-electron chi connectivity index (χ0n) is 10.5. The van der Waals surface area contributed by atoms with Gasteiger partial charge < -0.3 is 10.4 Å². The minimum absolute atomic E-state index is 0.226. The number of carbonyl (C=O) groups is 1. The van der Waals surface area contributed by atoms with Crippen LogP contribution in [-0.4, -0.2) is 11.0 Å². The van der Waals surface area contributed by atoms with Crippen LogP contribution >= 0.6 is 0 Å². The molecule has 0 aliphatic carbocycles. The van der Waals surface area contributed by atoms with Crippen molar-refractivity contribution < 1.29 is 14.3 Å². The number of nitrogens with one attached hydrogen (secondary N) is 1. The fourth-order valence-electron chi connectivity index (χ4n) is 1.80. The number of rotatable bonds is 3. The quantitative estimate of drug-likeness (QED) is 0.832. The lowest BCUT2D eigenvalue weighted by molar-refractivity contribution is -0.115. The van der Waals surface area contributed by atoms with E-state index in [0.717, 1.165) is 17.2 Å². The van der Waals surface area contributed by atoms with Crippen molar-refractivity contribution in [3.05, 3.63) is 59.4 Å². The van der Waals surface area contributed by atoms with Crippen LogP contribution in [0.5, 0.6) is 5.75 Å². The molecule has 2 aromatic carbocycles. The van der Waals surface area contributed by atoms with E-state index in [0.29, 0.717) is 5.69 Å². The Balaban J connectivity index is 2.03. The fourth-order valence-corrected chi connectivity index (χ4v) is 1.80. The van der Waals surface area contributed by atoms with Crippen LogP contribution in [0.3, 0.4) is 0 Å². The van der Waals surface area contributed by atoms with Crippen LogP contribution in [0, 0.1) is 12.7 Å². The lowest BCUT2D eigenvalue weighted by Gasteiger charge is -2.06. The maximum Gasteiger partial charge on any atom is 0.228 e. The van der Waals surface area contributed by atoms with E-state index in [-0.39, 0.29) is 12.3 Å². The van der Waals surface area contributed by atoms with Gasteiger partial charge in [0, 0.05) is 11.8 Å². The Kier molecular flexibility index (Phi) is 3.80. The number of benzene rings is 2. The molecule has 0 radical (unpaired) electrons. The highest BCUT2D eigenvalue weighted by Gasteiger charge is 2.06. The number of hydrogen-bond donors (Lipinski definition) is 2. The van der Waals surface area contributed by atoms with Crippen LogP contribution in [-0.2, 0) is 11.2 Å². The van der Waals surface area contributed by atoms with Crippen molar-refractivity contribution in [2.75, 3.05) is 5.32 Å². The number of phenolic OH excluding ortho intramolecular Hbond substituents is 1.